The predicted octanol–water partition coefficient (Wildman–Crippen LogP) is 2.33. The number of nitrogens with zero attached hydrogens (tertiary/aromatic N) is 7. The van der Waals surface area contributed by atoms with Crippen LogP contribution >= 0.6 is 0 Å². The number of carboxylic acid groups (broad SMARTS) is 1. The molecule has 0 unspecified atom stereocenters. The molecule has 1 aliphatic rings. The topological polar surface area (TPSA) is 316 Å². The van der Waals surface area contributed by atoms with E-state index in [2.05, 4.69) is 21.3 Å². The Kier molecular flexibility index (Phi) is 31.8. The van der Waals surface area contributed by atoms with Crippen molar-refractivity contribution in [2.75, 3.05) is 55.9 Å². The van der Waals surface area contributed by atoms with Gasteiger partial charge in [0.15, 0.2) is 0 Å². The lowest BCUT2D eigenvalue weighted by Gasteiger charge is -2.41. The number of hydrogen-bond donors (Lipinski definition) is 6. The first kappa shape index (κ1) is 78.4. The first-order valence-electron chi connectivity index (χ1n) is 30.6. The van der Waals surface area contributed by atoms with E-state index in [1.807, 2.05) is 55.4 Å². The molecule has 1 fully saturated rings. The van der Waals surface area contributed by atoms with Crippen LogP contribution in [-0.2, 0) is 57.5 Å². The number of rotatable bonds is 16. The van der Waals surface area contributed by atoms with Gasteiger partial charge in [0.05, 0.1) is 19.1 Å². The zero-order valence-corrected chi connectivity index (χ0v) is 56.4. The highest BCUT2D eigenvalue weighted by molar-refractivity contribution is 6.00. The fourth-order valence-corrected chi connectivity index (χ4v) is 10.7. The maximum absolute atomic E-state index is 15.1. The van der Waals surface area contributed by atoms with Gasteiger partial charge in [0.25, 0.3) is 0 Å². The second kappa shape index (κ2) is 35.4. The summed E-state index contributed by atoms with van der Waals surface area (Å²) in [5.74, 6) is -12.9. The van der Waals surface area contributed by atoms with Gasteiger partial charge in [-0.05, 0) is 94.3 Å². The zero-order chi connectivity index (χ0) is 67.6. The molecular weight excluding hydrogens is 1120 g/mol. The zero-order valence-electron chi connectivity index (χ0n) is 56.4. The molecule has 11 amide bonds. The van der Waals surface area contributed by atoms with Crippen molar-refractivity contribution in [1.82, 2.24) is 55.6 Å². The molecule has 0 aliphatic carbocycles. The number of allylic oxidation sites excluding steroid dienone is 2. The average Bonchev–Trinajstić information content (AvgIpc) is 1.65. The molecule has 0 spiro atoms. The van der Waals surface area contributed by atoms with Crippen molar-refractivity contribution in [2.45, 2.75) is 216 Å². The monoisotopic (exact) mass is 1230 g/mol. The van der Waals surface area contributed by atoms with E-state index in [0.29, 0.717) is 0 Å². The van der Waals surface area contributed by atoms with Crippen molar-refractivity contribution in [1.29, 1.82) is 0 Å². The molecule has 25 heteroatoms. The van der Waals surface area contributed by atoms with Gasteiger partial charge in [-0.1, -0.05) is 102 Å². The fourth-order valence-electron chi connectivity index (χ4n) is 10.7. The molecule has 25 nitrogen and oxygen atoms in total. The second-order valence-corrected chi connectivity index (χ2v) is 26.3. The van der Waals surface area contributed by atoms with Crippen molar-refractivity contribution < 1.29 is 67.7 Å². The molecular formula is C62H109N11O14. The van der Waals surface area contributed by atoms with E-state index < -0.39 is 168 Å². The number of aliphatic hydroxyl groups excluding tert-OH is 1. The third kappa shape index (κ3) is 22.5. The summed E-state index contributed by atoms with van der Waals surface area (Å²) >= 11 is 0. The van der Waals surface area contributed by atoms with Gasteiger partial charge in [-0.25, -0.2) is 0 Å². The highest BCUT2D eigenvalue weighted by atomic mass is 16.4. The standard InChI is InChI=1S/C62H109N11O14/c1-24-25-26-39(14)52(77)51-56(81)65-42(31-48(75)76)58(83)67(17)32-47(74)68(18)43(27-33(2)3)55(80)66-49(37(10)11)61(86)69(19)44(28-34(4)5)54(79)63-40(15)53(78)64-41(16)57(82)70(20)45(29-35(6)7)59(84)71(21)46(30-36(8)9)60(85)72(22)50(38(12)13)62(87)73(51)23/h24-25,33-46,49-52,77H,26-32H2,1-23H3,(H,63,79)(H,64,78)(H,65,81)(H,66,80)(H,75,76)/b25-24+/t39-,40+,41+,42+,43+,44+,45+,46+,49+,50+,51+,52-/m1/s1. The minimum absolute atomic E-state index is 0.0768. The number of carbonyl (C=O) groups excluding carboxylic acids is 11. The number of hydrogen-bond acceptors (Lipinski definition) is 13. The van der Waals surface area contributed by atoms with Crippen LogP contribution in [0.5, 0.6) is 0 Å². The second-order valence-electron chi connectivity index (χ2n) is 26.3. The number of nitrogens with one attached hydrogen (secondary N) is 4. The van der Waals surface area contributed by atoms with Gasteiger partial charge in [-0.2, -0.15) is 0 Å². The lowest BCUT2D eigenvalue weighted by Crippen LogP contribution is -2.63. The number of carboxylic acids is 1. The highest BCUT2D eigenvalue weighted by Crippen LogP contribution is 2.26. The Hall–Kier alpha value is -6.66. The molecule has 87 heavy (non-hydrogen) atoms. The van der Waals surface area contributed by atoms with Crippen molar-refractivity contribution >= 4 is 70.9 Å². The Labute approximate surface area is 517 Å². The summed E-state index contributed by atoms with van der Waals surface area (Å²) in [5, 5.41) is 32.8. The van der Waals surface area contributed by atoms with E-state index in [9.17, 15) is 58.2 Å². The first-order valence-corrected chi connectivity index (χ1v) is 30.6. The molecule has 0 aromatic rings. The molecule has 1 aliphatic heterocycles. The van der Waals surface area contributed by atoms with Gasteiger partial charge in [-0.15, -0.1) is 0 Å². The molecule has 0 radical (unpaired) electrons. The van der Waals surface area contributed by atoms with Crippen molar-refractivity contribution in [3.8, 4) is 0 Å². The molecule has 1 rings (SSSR count). The smallest absolute Gasteiger partial charge is 0.305 e. The predicted molar refractivity (Wildman–Crippen MR) is 330 cm³/mol. The van der Waals surface area contributed by atoms with Gasteiger partial charge in [0, 0.05) is 49.3 Å². The van der Waals surface area contributed by atoms with Crippen LogP contribution in [0.2, 0.25) is 0 Å². The van der Waals surface area contributed by atoms with Crippen molar-refractivity contribution in [2.24, 2.45) is 41.4 Å². The molecule has 1 saturated heterocycles. The van der Waals surface area contributed by atoms with Crippen LogP contribution in [-0.4, -0.2) is 238 Å². The number of carbonyl (C=O) groups is 12. The molecule has 6 N–H and O–H groups in total. The van der Waals surface area contributed by atoms with E-state index in [4.69, 9.17) is 0 Å². The lowest BCUT2D eigenvalue weighted by molar-refractivity contribution is -0.157. The van der Waals surface area contributed by atoms with Crippen LogP contribution in [0, 0.1) is 41.4 Å². The summed E-state index contributed by atoms with van der Waals surface area (Å²) < 4.78 is 0. The summed E-state index contributed by atoms with van der Waals surface area (Å²) in [6.07, 6.45) is 1.44. The van der Waals surface area contributed by atoms with Crippen LogP contribution in [0.1, 0.15) is 149 Å². The number of aliphatic carboxylic acids is 1. The van der Waals surface area contributed by atoms with Crippen LogP contribution < -0.4 is 21.3 Å². The van der Waals surface area contributed by atoms with Gasteiger partial charge < -0.3 is 65.8 Å². The van der Waals surface area contributed by atoms with E-state index in [1.54, 1.807) is 53.7 Å². The van der Waals surface area contributed by atoms with Crippen molar-refractivity contribution in [3.05, 3.63) is 12.2 Å². The summed E-state index contributed by atoms with van der Waals surface area (Å²) in [4.78, 5) is 180. The summed E-state index contributed by atoms with van der Waals surface area (Å²) in [6, 6.07) is -13.6. The molecule has 496 valence electrons. The maximum Gasteiger partial charge on any atom is 0.305 e. The molecule has 0 aromatic carbocycles. The third-order valence-electron chi connectivity index (χ3n) is 16.0. The van der Waals surface area contributed by atoms with Gasteiger partial charge >= 0.3 is 5.97 Å². The Morgan fingerprint density at radius 1 is 0.483 bits per heavy atom. The summed E-state index contributed by atoms with van der Waals surface area (Å²) in [7, 11) is 9.39. The van der Waals surface area contributed by atoms with Crippen LogP contribution in [0.15, 0.2) is 12.2 Å². The largest absolute Gasteiger partial charge is 0.481 e. The SMILES string of the molecule is C/C=C/C[C@@H](C)[C@@H](O)[C@H]1C(=O)N[C@@H](CC(=O)O)C(=O)N(C)CC(=O)N(C)[C@@H](CC(C)C)C(=O)N[C@@H](C(C)C)C(=O)N(C)[C@@H](CC(C)C)C(=O)N[C@@H](C)C(=O)N[C@@H](C)C(=O)N(C)[C@@H](CC(C)C)C(=O)N(C)[C@@H](CC(C)C)C(=O)N(C)[C@@H](C(C)C)C(=O)N1C. The van der Waals surface area contributed by atoms with Gasteiger partial charge in [-0.3, -0.25) is 57.5 Å². The fraction of sp³-hybridized carbons (Fsp3) is 0.774. The number of aliphatic hydroxyl groups is 1. The normalized spacial score (nSPS) is 26.5. The molecule has 0 saturated carbocycles. The van der Waals surface area contributed by atoms with Crippen LogP contribution in [0.3, 0.4) is 0 Å². The summed E-state index contributed by atoms with van der Waals surface area (Å²) in [5.41, 5.74) is 0. The third-order valence-corrected chi connectivity index (χ3v) is 16.0. The van der Waals surface area contributed by atoms with E-state index >= 15 is 9.59 Å². The van der Waals surface area contributed by atoms with Crippen LogP contribution in [0.25, 0.3) is 0 Å². The van der Waals surface area contributed by atoms with Gasteiger partial charge in [0.1, 0.15) is 60.4 Å². The quantitative estimate of drug-likeness (QED) is 0.121. The van der Waals surface area contributed by atoms with Crippen LogP contribution in [0.4, 0.5) is 0 Å². The molecule has 0 bridgehead atoms. The lowest BCUT2D eigenvalue weighted by atomic mass is 9.91. The Morgan fingerprint density at radius 3 is 1.34 bits per heavy atom. The van der Waals surface area contributed by atoms with E-state index in [0.717, 1.165) is 14.7 Å². The van der Waals surface area contributed by atoms with E-state index in [-0.39, 0.29) is 55.8 Å². The minimum Gasteiger partial charge on any atom is -0.481 e. The molecule has 0 aromatic heterocycles. The van der Waals surface area contributed by atoms with E-state index in [1.165, 1.54) is 82.8 Å². The summed E-state index contributed by atoms with van der Waals surface area (Å²) in [6.45, 7) is 26.8. The highest BCUT2D eigenvalue weighted by Gasteiger charge is 2.46. The Morgan fingerprint density at radius 2 is 0.897 bits per heavy atom. The number of amides is 11. The minimum atomic E-state index is -1.88. The van der Waals surface area contributed by atoms with Crippen molar-refractivity contribution in [3.63, 3.8) is 0 Å². The first-order chi connectivity index (χ1) is 40.1. The Bertz CT molecular complexity index is 2430. The number of likely N-dealkylation sites (N-methyl/N-ethyl adjacent to an activating group) is 7. The molecule has 1 heterocycles. The average molecular weight is 1230 g/mol. The maximum atomic E-state index is 15.1. The Balaban J connectivity index is 4.40. The molecule has 12 atom stereocenters. The van der Waals surface area contributed by atoms with Gasteiger partial charge in [0.2, 0.25) is 65.0 Å².